The zero-order chi connectivity index (χ0) is 16.8. The Hall–Kier alpha value is -1.44. The fourth-order valence-electron chi connectivity index (χ4n) is 3.23. The van der Waals surface area contributed by atoms with Gasteiger partial charge in [0.05, 0.1) is 19.8 Å². The molecule has 0 N–H and O–H groups in total. The summed E-state index contributed by atoms with van der Waals surface area (Å²) in [6, 6.07) is 1.78. The number of hydrogen-bond acceptors (Lipinski definition) is 6. The van der Waals surface area contributed by atoms with E-state index in [1.54, 1.807) is 6.07 Å². The highest BCUT2D eigenvalue weighted by Gasteiger charge is 2.24. The Morgan fingerprint density at radius 2 is 1.96 bits per heavy atom. The average molecular weight is 337 g/mol. The number of ether oxygens (including phenoxy) is 2. The van der Waals surface area contributed by atoms with Gasteiger partial charge in [-0.05, 0) is 25.7 Å². The summed E-state index contributed by atoms with van der Waals surface area (Å²) in [5.74, 6) is 1.21. The lowest BCUT2D eigenvalue weighted by atomic mass is 9.99. The summed E-state index contributed by atoms with van der Waals surface area (Å²) in [6.45, 7) is 8.98. The van der Waals surface area contributed by atoms with Crippen LogP contribution in [0.5, 0.6) is 0 Å². The maximum absolute atomic E-state index is 12.7. The van der Waals surface area contributed by atoms with Crippen molar-refractivity contribution in [3.05, 3.63) is 17.5 Å². The normalized spacial score (nSPS) is 20.2. The topological polar surface area (TPSA) is 68.0 Å². The maximum atomic E-state index is 12.7. The van der Waals surface area contributed by atoms with Crippen molar-refractivity contribution >= 4 is 5.91 Å². The first kappa shape index (κ1) is 17.4. The largest absolute Gasteiger partial charge is 0.381 e. The lowest BCUT2D eigenvalue weighted by Gasteiger charge is -2.28. The maximum Gasteiger partial charge on any atom is 0.276 e. The third kappa shape index (κ3) is 4.55. The molecular formula is C17H27N3O4. The van der Waals surface area contributed by atoms with Gasteiger partial charge in [-0.1, -0.05) is 5.16 Å². The van der Waals surface area contributed by atoms with E-state index in [2.05, 4.69) is 10.1 Å². The van der Waals surface area contributed by atoms with Crippen molar-refractivity contribution in [3.8, 4) is 0 Å². The van der Waals surface area contributed by atoms with Crippen LogP contribution in [0.15, 0.2) is 10.6 Å². The minimum atomic E-state index is -0.0408. The molecular weight excluding hydrogens is 310 g/mol. The van der Waals surface area contributed by atoms with E-state index in [-0.39, 0.29) is 5.91 Å². The fraction of sp³-hybridized carbons (Fsp3) is 0.765. The molecule has 0 aliphatic carbocycles. The van der Waals surface area contributed by atoms with E-state index >= 15 is 0 Å². The molecule has 1 aromatic rings. The van der Waals surface area contributed by atoms with Crippen LogP contribution in [0.1, 0.15) is 36.0 Å². The van der Waals surface area contributed by atoms with Gasteiger partial charge >= 0.3 is 0 Å². The molecule has 2 fully saturated rings. The van der Waals surface area contributed by atoms with Crippen LogP contribution in [0.2, 0.25) is 0 Å². The predicted octanol–water partition coefficient (Wildman–Crippen LogP) is 1.40. The molecule has 1 aromatic heterocycles. The van der Waals surface area contributed by atoms with Crippen molar-refractivity contribution in [1.29, 1.82) is 0 Å². The molecule has 2 aliphatic heterocycles. The molecule has 0 aromatic carbocycles. The van der Waals surface area contributed by atoms with E-state index in [0.717, 1.165) is 64.7 Å². The number of carbonyl (C=O) groups is 1. The highest BCUT2D eigenvalue weighted by atomic mass is 16.5. The minimum absolute atomic E-state index is 0.0408. The summed E-state index contributed by atoms with van der Waals surface area (Å²) >= 11 is 0. The molecule has 1 amide bonds. The first-order valence-electron chi connectivity index (χ1n) is 8.89. The number of hydrogen-bond donors (Lipinski definition) is 0. The van der Waals surface area contributed by atoms with Crippen LogP contribution in [-0.4, -0.2) is 73.5 Å². The predicted molar refractivity (Wildman–Crippen MR) is 87.7 cm³/mol. The fourth-order valence-corrected chi connectivity index (χ4v) is 3.23. The Labute approximate surface area is 142 Å². The van der Waals surface area contributed by atoms with Crippen molar-refractivity contribution in [2.75, 3.05) is 52.6 Å². The molecule has 7 nitrogen and oxygen atoms in total. The second-order valence-electron chi connectivity index (χ2n) is 6.47. The van der Waals surface area contributed by atoms with Crippen molar-refractivity contribution in [1.82, 2.24) is 15.0 Å². The van der Waals surface area contributed by atoms with Gasteiger partial charge in [0.15, 0.2) is 11.5 Å². The highest BCUT2D eigenvalue weighted by Crippen LogP contribution is 2.18. The van der Waals surface area contributed by atoms with Crippen LogP contribution in [0, 0.1) is 5.92 Å². The molecule has 24 heavy (non-hydrogen) atoms. The van der Waals surface area contributed by atoms with E-state index in [0.29, 0.717) is 24.7 Å². The van der Waals surface area contributed by atoms with Crippen LogP contribution in [0.25, 0.3) is 0 Å². The van der Waals surface area contributed by atoms with E-state index in [1.165, 1.54) is 0 Å². The van der Waals surface area contributed by atoms with Crippen LogP contribution >= 0.6 is 0 Å². The van der Waals surface area contributed by atoms with E-state index < -0.39 is 0 Å². The monoisotopic (exact) mass is 337 g/mol. The first-order chi connectivity index (χ1) is 11.8. The quantitative estimate of drug-likeness (QED) is 0.781. The lowest BCUT2D eigenvalue weighted by molar-refractivity contribution is 0.0305. The number of aromatic nitrogens is 1. The SMILES string of the molecule is CCN(CC1CCOCC1)C(=O)c1cc(CN2CCOCC2)on1. The van der Waals surface area contributed by atoms with Crippen LogP contribution < -0.4 is 0 Å². The molecule has 0 saturated carbocycles. The van der Waals surface area contributed by atoms with Crippen LogP contribution in [-0.2, 0) is 16.0 Å². The van der Waals surface area contributed by atoms with Gasteiger partial charge in [0.2, 0.25) is 0 Å². The van der Waals surface area contributed by atoms with E-state index in [1.807, 2.05) is 11.8 Å². The van der Waals surface area contributed by atoms with Gasteiger partial charge < -0.3 is 18.9 Å². The Kier molecular flexibility index (Phi) is 6.23. The lowest BCUT2D eigenvalue weighted by Crippen LogP contribution is -2.37. The number of nitrogens with zero attached hydrogens (tertiary/aromatic N) is 3. The van der Waals surface area contributed by atoms with E-state index in [4.69, 9.17) is 14.0 Å². The Bertz CT molecular complexity index is 522. The van der Waals surface area contributed by atoms with Gasteiger partial charge in [-0.2, -0.15) is 0 Å². The summed E-state index contributed by atoms with van der Waals surface area (Å²) in [5.41, 5.74) is 0.409. The molecule has 134 valence electrons. The van der Waals surface area contributed by atoms with Gasteiger partial charge in [0.25, 0.3) is 5.91 Å². The van der Waals surface area contributed by atoms with Crippen molar-refractivity contribution in [2.24, 2.45) is 5.92 Å². The molecule has 0 spiro atoms. The Balaban J connectivity index is 1.56. The van der Waals surface area contributed by atoms with Gasteiger partial charge in [-0.3, -0.25) is 9.69 Å². The molecule has 0 radical (unpaired) electrons. The summed E-state index contributed by atoms with van der Waals surface area (Å²) in [5, 5.41) is 3.99. The summed E-state index contributed by atoms with van der Waals surface area (Å²) in [4.78, 5) is 16.8. The summed E-state index contributed by atoms with van der Waals surface area (Å²) < 4.78 is 16.1. The number of rotatable bonds is 6. The first-order valence-corrected chi connectivity index (χ1v) is 8.89. The molecule has 2 saturated heterocycles. The highest BCUT2D eigenvalue weighted by molar-refractivity contribution is 5.92. The number of amides is 1. The van der Waals surface area contributed by atoms with Crippen LogP contribution in [0.3, 0.4) is 0 Å². The van der Waals surface area contributed by atoms with Gasteiger partial charge in [-0.15, -0.1) is 0 Å². The zero-order valence-corrected chi connectivity index (χ0v) is 14.4. The molecule has 2 aliphatic rings. The average Bonchev–Trinajstić information content (AvgIpc) is 3.09. The standard InChI is InChI=1S/C17H27N3O4/c1-2-20(12-14-3-7-22-8-4-14)17(21)16-11-15(24-18-16)13-19-5-9-23-10-6-19/h11,14H,2-10,12-13H2,1H3. The zero-order valence-electron chi connectivity index (χ0n) is 14.4. The molecule has 3 rings (SSSR count). The van der Waals surface area contributed by atoms with Gasteiger partial charge in [-0.25, -0.2) is 0 Å². The molecule has 0 atom stereocenters. The van der Waals surface area contributed by atoms with Crippen LogP contribution in [0.4, 0.5) is 0 Å². The smallest absolute Gasteiger partial charge is 0.276 e. The van der Waals surface area contributed by atoms with Gasteiger partial charge in [0, 0.05) is 45.5 Å². The molecule has 7 heteroatoms. The van der Waals surface area contributed by atoms with E-state index in [9.17, 15) is 4.79 Å². The third-order valence-corrected chi connectivity index (χ3v) is 4.75. The number of carbonyl (C=O) groups excluding carboxylic acids is 1. The third-order valence-electron chi connectivity index (χ3n) is 4.75. The van der Waals surface area contributed by atoms with Gasteiger partial charge in [0.1, 0.15) is 0 Å². The Morgan fingerprint density at radius 1 is 1.25 bits per heavy atom. The molecule has 3 heterocycles. The van der Waals surface area contributed by atoms with Crippen molar-refractivity contribution in [3.63, 3.8) is 0 Å². The van der Waals surface area contributed by atoms with Crippen molar-refractivity contribution < 1.29 is 18.8 Å². The van der Waals surface area contributed by atoms with Crippen molar-refractivity contribution in [2.45, 2.75) is 26.3 Å². The summed E-state index contributed by atoms with van der Waals surface area (Å²) in [6.07, 6.45) is 2.04. The summed E-state index contributed by atoms with van der Waals surface area (Å²) in [7, 11) is 0. The minimum Gasteiger partial charge on any atom is -0.381 e. The molecule has 0 unspecified atom stereocenters. The second-order valence-corrected chi connectivity index (χ2v) is 6.47. The number of morpholine rings is 1. The second kappa shape index (κ2) is 8.60. The Morgan fingerprint density at radius 3 is 2.67 bits per heavy atom. The molecule has 0 bridgehead atoms.